The molecule has 1 aromatic heterocycles. The van der Waals surface area contributed by atoms with Gasteiger partial charge >= 0.3 is 0 Å². The van der Waals surface area contributed by atoms with E-state index < -0.39 is 0 Å². The van der Waals surface area contributed by atoms with E-state index in [1.807, 2.05) is 42.5 Å². The van der Waals surface area contributed by atoms with Gasteiger partial charge in [0.25, 0.3) is 0 Å². The minimum Gasteiger partial charge on any atom is -0.456 e. The monoisotopic (exact) mass is 412 g/mol. The topological polar surface area (TPSA) is 13.1 Å². The van der Waals surface area contributed by atoms with E-state index >= 15 is 0 Å². The van der Waals surface area contributed by atoms with E-state index in [9.17, 15) is 0 Å². The van der Waals surface area contributed by atoms with Gasteiger partial charge in [-0.1, -0.05) is 71.7 Å². The van der Waals surface area contributed by atoms with Crippen LogP contribution in [-0.2, 0) is 0 Å². The lowest BCUT2D eigenvalue weighted by Gasteiger charge is -2.14. The van der Waals surface area contributed by atoms with Crippen molar-refractivity contribution in [1.29, 1.82) is 0 Å². The largest absolute Gasteiger partial charge is 0.456 e. The molecule has 0 aliphatic heterocycles. The minimum absolute atomic E-state index is 0.718. The summed E-state index contributed by atoms with van der Waals surface area (Å²) >= 11 is 13.1. The van der Waals surface area contributed by atoms with Crippen molar-refractivity contribution in [2.45, 2.75) is 0 Å². The summed E-state index contributed by atoms with van der Waals surface area (Å²) in [6, 6.07) is 28.6. The lowest BCUT2D eigenvalue weighted by Crippen LogP contribution is -1.87. The van der Waals surface area contributed by atoms with E-state index in [2.05, 4.69) is 42.5 Å². The molecule has 5 aromatic carbocycles. The standard InChI is InChI=1S/C26H14Cl2O/c27-22-8-3-6-18-20(22)14-21-19(7-4-9-23(21)28)26(18)15-11-12-17-16-5-1-2-10-24(16)29-25(17)13-15/h1-14H. The number of hydrogen-bond donors (Lipinski definition) is 0. The van der Waals surface area contributed by atoms with Crippen LogP contribution in [0.5, 0.6) is 0 Å². The maximum atomic E-state index is 6.56. The molecule has 0 radical (unpaired) electrons. The summed E-state index contributed by atoms with van der Waals surface area (Å²) in [6.07, 6.45) is 0. The smallest absolute Gasteiger partial charge is 0.136 e. The SMILES string of the molecule is Clc1cccc2c(-c3ccc4c(c3)oc3ccccc34)c3cccc(Cl)c3cc12. The van der Waals surface area contributed by atoms with E-state index in [1.54, 1.807) is 0 Å². The number of hydrogen-bond acceptors (Lipinski definition) is 1. The van der Waals surface area contributed by atoms with Gasteiger partial charge in [0.1, 0.15) is 11.2 Å². The average Bonchev–Trinajstić information content (AvgIpc) is 3.11. The number of furan rings is 1. The highest BCUT2D eigenvalue weighted by Gasteiger charge is 2.15. The van der Waals surface area contributed by atoms with Gasteiger partial charge in [-0.2, -0.15) is 0 Å². The van der Waals surface area contributed by atoms with Gasteiger partial charge in [0.2, 0.25) is 0 Å². The van der Waals surface area contributed by atoms with Crippen molar-refractivity contribution < 1.29 is 4.42 Å². The minimum atomic E-state index is 0.718. The Bertz CT molecular complexity index is 1520. The van der Waals surface area contributed by atoms with Gasteiger partial charge in [0, 0.05) is 31.6 Å². The Balaban J connectivity index is 1.77. The molecule has 6 aromatic rings. The van der Waals surface area contributed by atoms with Crippen molar-refractivity contribution in [3.63, 3.8) is 0 Å². The predicted molar refractivity (Wildman–Crippen MR) is 124 cm³/mol. The molecule has 0 atom stereocenters. The zero-order valence-corrected chi connectivity index (χ0v) is 16.8. The van der Waals surface area contributed by atoms with Crippen LogP contribution >= 0.6 is 23.2 Å². The van der Waals surface area contributed by atoms with Crippen LogP contribution < -0.4 is 0 Å². The molecule has 1 nitrogen and oxygen atoms in total. The first-order chi connectivity index (χ1) is 14.2. The number of fused-ring (bicyclic) bond motifs is 5. The van der Waals surface area contributed by atoms with Gasteiger partial charge in [0.05, 0.1) is 0 Å². The molecule has 0 aliphatic rings. The molecule has 0 fully saturated rings. The molecular weight excluding hydrogens is 399 g/mol. The fourth-order valence-electron chi connectivity index (χ4n) is 4.29. The highest BCUT2D eigenvalue weighted by atomic mass is 35.5. The third kappa shape index (κ3) is 2.48. The van der Waals surface area contributed by atoms with Gasteiger partial charge in [-0.05, 0) is 58.3 Å². The van der Waals surface area contributed by atoms with E-state index in [-0.39, 0.29) is 0 Å². The predicted octanol–water partition coefficient (Wildman–Crippen LogP) is 8.87. The lowest BCUT2D eigenvalue weighted by molar-refractivity contribution is 0.669. The average molecular weight is 413 g/mol. The number of halogens is 2. The third-order valence-corrected chi connectivity index (χ3v) is 6.26. The van der Waals surface area contributed by atoms with Crippen molar-refractivity contribution >= 4 is 66.7 Å². The van der Waals surface area contributed by atoms with E-state index in [0.717, 1.165) is 64.7 Å². The Morgan fingerprint density at radius 1 is 0.483 bits per heavy atom. The summed E-state index contributed by atoms with van der Waals surface area (Å²) in [5, 5.41) is 7.87. The van der Waals surface area contributed by atoms with Crippen LogP contribution in [0.3, 0.4) is 0 Å². The summed E-state index contributed by atoms with van der Waals surface area (Å²) in [4.78, 5) is 0. The fourth-order valence-corrected chi connectivity index (χ4v) is 4.74. The molecule has 0 spiro atoms. The van der Waals surface area contributed by atoms with Crippen molar-refractivity contribution in [3.05, 3.63) is 95.0 Å². The van der Waals surface area contributed by atoms with Crippen LogP contribution in [0.15, 0.2) is 89.3 Å². The normalized spacial score (nSPS) is 11.8. The van der Waals surface area contributed by atoms with Crippen molar-refractivity contribution in [3.8, 4) is 11.1 Å². The molecule has 0 N–H and O–H groups in total. The molecule has 0 aliphatic carbocycles. The Morgan fingerprint density at radius 3 is 1.83 bits per heavy atom. The Labute approximate surface area is 177 Å². The van der Waals surface area contributed by atoms with Gasteiger partial charge in [-0.25, -0.2) is 0 Å². The van der Waals surface area contributed by atoms with Gasteiger partial charge in [-0.15, -0.1) is 0 Å². The van der Waals surface area contributed by atoms with Crippen LogP contribution in [-0.4, -0.2) is 0 Å². The first kappa shape index (κ1) is 16.9. The zero-order valence-electron chi connectivity index (χ0n) is 15.2. The lowest BCUT2D eigenvalue weighted by atomic mass is 9.91. The molecule has 0 saturated carbocycles. The van der Waals surface area contributed by atoms with Crippen LogP contribution in [0, 0.1) is 0 Å². The first-order valence-corrected chi connectivity index (χ1v) is 10.2. The second kappa shape index (κ2) is 6.25. The Kier molecular flexibility index (Phi) is 3.64. The summed E-state index contributed by atoms with van der Waals surface area (Å²) in [5.74, 6) is 0. The highest BCUT2D eigenvalue weighted by molar-refractivity contribution is 6.39. The molecule has 3 heteroatoms. The molecule has 0 amide bonds. The second-order valence-electron chi connectivity index (χ2n) is 7.23. The van der Waals surface area contributed by atoms with Gasteiger partial charge in [0.15, 0.2) is 0 Å². The zero-order chi connectivity index (χ0) is 19.5. The van der Waals surface area contributed by atoms with Gasteiger partial charge < -0.3 is 4.42 Å². The maximum Gasteiger partial charge on any atom is 0.136 e. The molecule has 0 unspecified atom stereocenters. The molecule has 0 saturated heterocycles. The summed E-state index contributed by atoms with van der Waals surface area (Å²) in [7, 11) is 0. The Morgan fingerprint density at radius 2 is 1.10 bits per heavy atom. The first-order valence-electron chi connectivity index (χ1n) is 9.42. The van der Waals surface area contributed by atoms with Crippen molar-refractivity contribution in [1.82, 2.24) is 0 Å². The van der Waals surface area contributed by atoms with E-state index in [1.165, 1.54) is 0 Å². The molecule has 0 bridgehead atoms. The number of rotatable bonds is 1. The highest BCUT2D eigenvalue weighted by Crippen LogP contribution is 2.42. The van der Waals surface area contributed by atoms with Crippen molar-refractivity contribution in [2.24, 2.45) is 0 Å². The number of benzene rings is 5. The van der Waals surface area contributed by atoms with E-state index in [0.29, 0.717) is 0 Å². The Hall–Kier alpha value is -3.00. The summed E-state index contributed by atoms with van der Waals surface area (Å²) < 4.78 is 6.13. The second-order valence-corrected chi connectivity index (χ2v) is 8.05. The quantitative estimate of drug-likeness (QED) is 0.245. The van der Waals surface area contributed by atoms with Crippen LogP contribution in [0.1, 0.15) is 0 Å². The van der Waals surface area contributed by atoms with Crippen molar-refractivity contribution in [2.75, 3.05) is 0 Å². The molecule has 29 heavy (non-hydrogen) atoms. The van der Waals surface area contributed by atoms with Gasteiger partial charge in [-0.3, -0.25) is 0 Å². The summed E-state index contributed by atoms with van der Waals surface area (Å²) in [6.45, 7) is 0. The number of para-hydroxylation sites is 1. The third-order valence-electron chi connectivity index (χ3n) is 5.60. The fraction of sp³-hybridized carbons (Fsp3) is 0. The van der Waals surface area contributed by atoms with Crippen LogP contribution in [0.25, 0.3) is 54.6 Å². The summed E-state index contributed by atoms with van der Waals surface area (Å²) in [5.41, 5.74) is 3.97. The van der Waals surface area contributed by atoms with Crippen LogP contribution in [0.4, 0.5) is 0 Å². The molecule has 1 heterocycles. The van der Waals surface area contributed by atoms with Crippen LogP contribution in [0.2, 0.25) is 10.0 Å². The van der Waals surface area contributed by atoms with E-state index in [4.69, 9.17) is 27.6 Å². The molecule has 6 rings (SSSR count). The molecular formula is C26H14Cl2O. The maximum absolute atomic E-state index is 6.56. The molecule has 138 valence electrons.